The van der Waals surface area contributed by atoms with Crippen LogP contribution in [0.2, 0.25) is 0 Å². The summed E-state index contributed by atoms with van der Waals surface area (Å²) in [6, 6.07) is 5.65. The van der Waals surface area contributed by atoms with E-state index in [1.807, 2.05) is 12.3 Å². The van der Waals surface area contributed by atoms with Crippen LogP contribution in [0, 0.1) is 12.7 Å². The highest BCUT2D eigenvalue weighted by Gasteiger charge is 2.17. The van der Waals surface area contributed by atoms with Crippen LogP contribution in [0.1, 0.15) is 28.8 Å². The van der Waals surface area contributed by atoms with E-state index < -0.39 is 11.9 Å². The Hall–Kier alpha value is -1.79. The molecule has 1 unspecified atom stereocenters. The molecule has 0 bridgehead atoms. The molecule has 21 heavy (non-hydrogen) atoms. The second kappa shape index (κ2) is 6.78. The number of thiazole rings is 1. The van der Waals surface area contributed by atoms with Crippen molar-refractivity contribution >= 4 is 17.2 Å². The standard InChI is InChI=1S/C15H17FN2O2S/c1-10-17-13(9-21-10)8-18(2)15(20)7-14(19)11-4-3-5-12(16)6-11/h3-6,9,14,19H,7-8H2,1-2H3. The van der Waals surface area contributed by atoms with Crippen LogP contribution in [0.25, 0.3) is 0 Å². The molecule has 0 spiro atoms. The van der Waals surface area contributed by atoms with Gasteiger partial charge in [0.2, 0.25) is 5.91 Å². The molecule has 1 N–H and O–H groups in total. The lowest BCUT2D eigenvalue weighted by molar-refractivity contribution is -0.132. The van der Waals surface area contributed by atoms with Gasteiger partial charge in [0, 0.05) is 12.4 Å². The Morgan fingerprint density at radius 2 is 2.29 bits per heavy atom. The first-order valence-electron chi connectivity index (χ1n) is 6.54. The van der Waals surface area contributed by atoms with Crippen LogP contribution in [0.4, 0.5) is 4.39 Å². The number of nitrogens with zero attached hydrogens (tertiary/aromatic N) is 2. The van der Waals surface area contributed by atoms with E-state index in [1.165, 1.54) is 34.4 Å². The Morgan fingerprint density at radius 3 is 2.90 bits per heavy atom. The second-order valence-electron chi connectivity index (χ2n) is 4.88. The van der Waals surface area contributed by atoms with E-state index in [-0.39, 0.29) is 12.3 Å². The first-order valence-corrected chi connectivity index (χ1v) is 7.42. The highest BCUT2D eigenvalue weighted by molar-refractivity contribution is 7.09. The number of carbonyl (C=O) groups is 1. The third-order valence-corrected chi connectivity index (χ3v) is 3.92. The third-order valence-electron chi connectivity index (χ3n) is 3.09. The zero-order chi connectivity index (χ0) is 15.4. The molecule has 2 rings (SSSR count). The summed E-state index contributed by atoms with van der Waals surface area (Å²) in [5, 5.41) is 12.9. The Labute approximate surface area is 126 Å². The largest absolute Gasteiger partial charge is 0.388 e. The molecule has 0 fully saturated rings. The molecule has 4 nitrogen and oxygen atoms in total. The average Bonchev–Trinajstić information content (AvgIpc) is 2.84. The number of carbonyl (C=O) groups excluding carboxylic acids is 1. The van der Waals surface area contributed by atoms with E-state index in [1.54, 1.807) is 13.1 Å². The number of hydrogen-bond acceptors (Lipinski definition) is 4. The van der Waals surface area contributed by atoms with Crippen molar-refractivity contribution in [3.63, 3.8) is 0 Å². The lowest BCUT2D eigenvalue weighted by atomic mass is 10.1. The van der Waals surface area contributed by atoms with E-state index in [2.05, 4.69) is 4.98 Å². The summed E-state index contributed by atoms with van der Waals surface area (Å²) in [7, 11) is 1.66. The molecule has 1 aromatic carbocycles. The van der Waals surface area contributed by atoms with Crippen LogP contribution in [-0.2, 0) is 11.3 Å². The van der Waals surface area contributed by atoms with E-state index in [9.17, 15) is 14.3 Å². The molecule has 0 aliphatic rings. The van der Waals surface area contributed by atoms with Crippen LogP contribution in [0.5, 0.6) is 0 Å². The van der Waals surface area contributed by atoms with Crippen molar-refractivity contribution in [2.75, 3.05) is 7.05 Å². The zero-order valence-corrected chi connectivity index (χ0v) is 12.7. The van der Waals surface area contributed by atoms with Crippen molar-refractivity contribution in [1.29, 1.82) is 0 Å². The molecular weight excluding hydrogens is 291 g/mol. The highest BCUT2D eigenvalue weighted by atomic mass is 32.1. The quantitative estimate of drug-likeness (QED) is 0.924. The monoisotopic (exact) mass is 308 g/mol. The molecule has 1 atom stereocenters. The summed E-state index contributed by atoms with van der Waals surface area (Å²) in [4.78, 5) is 17.9. The first-order chi connectivity index (χ1) is 9.95. The van der Waals surface area contributed by atoms with Crippen LogP contribution >= 0.6 is 11.3 Å². The van der Waals surface area contributed by atoms with Crippen LogP contribution < -0.4 is 0 Å². The van der Waals surface area contributed by atoms with Crippen molar-refractivity contribution in [3.05, 3.63) is 51.7 Å². The minimum absolute atomic E-state index is 0.0803. The van der Waals surface area contributed by atoms with E-state index >= 15 is 0 Å². The second-order valence-corrected chi connectivity index (χ2v) is 5.94. The first kappa shape index (κ1) is 15.6. The fourth-order valence-electron chi connectivity index (χ4n) is 1.96. The Morgan fingerprint density at radius 1 is 1.52 bits per heavy atom. The number of aryl methyl sites for hydroxylation is 1. The van der Waals surface area contributed by atoms with Crippen molar-refractivity contribution in [2.45, 2.75) is 26.0 Å². The summed E-state index contributed by atoms with van der Waals surface area (Å²) in [5.74, 6) is -0.636. The predicted octanol–water partition coefficient (Wildman–Crippen LogP) is 2.67. The van der Waals surface area contributed by atoms with Gasteiger partial charge in [-0.05, 0) is 24.6 Å². The molecule has 0 radical (unpaired) electrons. The van der Waals surface area contributed by atoms with Crippen LogP contribution in [0.3, 0.4) is 0 Å². The minimum atomic E-state index is -1.01. The molecule has 2 aromatic rings. The average molecular weight is 308 g/mol. The molecular formula is C15H17FN2O2S. The number of benzene rings is 1. The van der Waals surface area contributed by atoms with E-state index in [0.29, 0.717) is 12.1 Å². The van der Waals surface area contributed by atoms with Crippen LogP contribution in [-0.4, -0.2) is 27.9 Å². The van der Waals surface area contributed by atoms with Gasteiger partial charge >= 0.3 is 0 Å². The van der Waals surface area contributed by atoms with Gasteiger partial charge in [-0.3, -0.25) is 4.79 Å². The molecule has 0 aliphatic carbocycles. The molecule has 6 heteroatoms. The number of aliphatic hydroxyl groups excluding tert-OH is 1. The molecule has 0 saturated carbocycles. The summed E-state index contributed by atoms with van der Waals surface area (Å²) in [6.45, 7) is 2.31. The fourth-order valence-corrected chi connectivity index (χ4v) is 2.57. The third kappa shape index (κ3) is 4.34. The lowest BCUT2D eigenvalue weighted by Gasteiger charge is -2.18. The maximum Gasteiger partial charge on any atom is 0.225 e. The number of aliphatic hydroxyl groups is 1. The molecule has 1 heterocycles. The van der Waals surface area contributed by atoms with Crippen LogP contribution in [0.15, 0.2) is 29.6 Å². The number of hydrogen-bond donors (Lipinski definition) is 1. The summed E-state index contributed by atoms with van der Waals surface area (Å²) in [5.41, 5.74) is 1.23. The van der Waals surface area contributed by atoms with Crippen molar-refractivity contribution in [1.82, 2.24) is 9.88 Å². The highest BCUT2D eigenvalue weighted by Crippen LogP contribution is 2.19. The predicted molar refractivity (Wildman–Crippen MR) is 79.3 cm³/mol. The van der Waals surface area contributed by atoms with Gasteiger partial charge in [0.15, 0.2) is 0 Å². The number of aromatic nitrogens is 1. The van der Waals surface area contributed by atoms with E-state index in [0.717, 1.165) is 10.7 Å². The molecule has 0 saturated heterocycles. The van der Waals surface area contributed by atoms with Crippen molar-refractivity contribution < 1.29 is 14.3 Å². The molecule has 112 valence electrons. The molecule has 1 amide bonds. The van der Waals surface area contributed by atoms with Gasteiger partial charge in [-0.2, -0.15) is 0 Å². The van der Waals surface area contributed by atoms with Gasteiger partial charge in [0.25, 0.3) is 0 Å². The molecule has 0 aliphatic heterocycles. The number of halogens is 1. The maximum atomic E-state index is 13.1. The fraction of sp³-hybridized carbons (Fsp3) is 0.333. The SMILES string of the molecule is Cc1nc(CN(C)C(=O)CC(O)c2cccc(F)c2)cs1. The van der Waals surface area contributed by atoms with Gasteiger partial charge < -0.3 is 10.0 Å². The lowest BCUT2D eigenvalue weighted by Crippen LogP contribution is -2.27. The Bertz CT molecular complexity index is 630. The van der Waals surface area contributed by atoms with Crippen molar-refractivity contribution in [3.8, 4) is 0 Å². The van der Waals surface area contributed by atoms with Gasteiger partial charge in [-0.25, -0.2) is 9.37 Å². The summed E-state index contributed by atoms with van der Waals surface area (Å²) in [6.07, 6.45) is -1.09. The topological polar surface area (TPSA) is 53.4 Å². The van der Waals surface area contributed by atoms with Gasteiger partial charge in [-0.1, -0.05) is 12.1 Å². The summed E-state index contributed by atoms with van der Waals surface area (Å²) < 4.78 is 13.1. The van der Waals surface area contributed by atoms with Gasteiger partial charge in [-0.15, -0.1) is 11.3 Å². The van der Waals surface area contributed by atoms with Gasteiger partial charge in [0.05, 0.1) is 29.8 Å². The summed E-state index contributed by atoms with van der Waals surface area (Å²) >= 11 is 1.53. The minimum Gasteiger partial charge on any atom is -0.388 e. The number of amides is 1. The van der Waals surface area contributed by atoms with Crippen molar-refractivity contribution in [2.24, 2.45) is 0 Å². The normalized spacial score (nSPS) is 12.2. The maximum absolute atomic E-state index is 13.1. The number of rotatable bonds is 5. The smallest absolute Gasteiger partial charge is 0.225 e. The van der Waals surface area contributed by atoms with Gasteiger partial charge in [0.1, 0.15) is 5.82 Å². The Kier molecular flexibility index (Phi) is 5.03. The molecule has 1 aromatic heterocycles. The Balaban J connectivity index is 1.94. The van der Waals surface area contributed by atoms with E-state index in [4.69, 9.17) is 0 Å². The zero-order valence-electron chi connectivity index (χ0n) is 11.9.